The van der Waals surface area contributed by atoms with Crippen molar-refractivity contribution in [3.05, 3.63) is 27.2 Å². The molecule has 2 N–H and O–H groups in total. The lowest BCUT2D eigenvalue weighted by atomic mass is 10.2. The van der Waals surface area contributed by atoms with Crippen LogP contribution in [0.25, 0.3) is 0 Å². The Bertz CT molecular complexity index is 731. The van der Waals surface area contributed by atoms with Gasteiger partial charge in [0, 0.05) is 37.9 Å². The lowest BCUT2D eigenvalue weighted by Gasteiger charge is -2.12. The molecule has 0 radical (unpaired) electrons. The average Bonchev–Trinajstić information content (AvgIpc) is 3.03. The number of rotatable bonds is 5. The fraction of sp³-hybridized carbons (Fsp3) is 0.647. The number of nitrogens with zero attached hydrogens (tertiary/aromatic N) is 5. The molecule has 2 aromatic heterocycles. The van der Waals surface area contributed by atoms with Gasteiger partial charge in [-0.15, -0.1) is 21.5 Å². The summed E-state index contributed by atoms with van der Waals surface area (Å²) in [7, 11) is 1.79. The second kappa shape index (κ2) is 8.42. The summed E-state index contributed by atoms with van der Waals surface area (Å²) in [6, 6.07) is 0. The van der Waals surface area contributed by atoms with E-state index in [2.05, 4.69) is 35.4 Å². The summed E-state index contributed by atoms with van der Waals surface area (Å²) in [5.41, 5.74) is 1.09. The number of nitrogens with one attached hydrogen (secondary N) is 2. The zero-order chi connectivity index (χ0) is 17.6. The standard InChI is InChI=1S/C17H27N7S/c1-12-14(25-13(2)21-12)11-20-17(18-3)19-9-8-16-23-22-15-7-5-4-6-10-24(15)16/h4-11H2,1-3H3,(H2,18,19,20). The van der Waals surface area contributed by atoms with Crippen LogP contribution in [0, 0.1) is 13.8 Å². The number of aryl methyl sites for hydroxylation is 3. The molecule has 0 atom stereocenters. The Kier molecular flexibility index (Phi) is 6.01. The minimum Gasteiger partial charge on any atom is -0.356 e. The highest BCUT2D eigenvalue weighted by molar-refractivity contribution is 7.11. The van der Waals surface area contributed by atoms with Gasteiger partial charge in [0.25, 0.3) is 0 Å². The Morgan fingerprint density at radius 1 is 1.20 bits per heavy atom. The van der Waals surface area contributed by atoms with Crippen LogP contribution in [-0.4, -0.2) is 39.3 Å². The molecule has 25 heavy (non-hydrogen) atoms. The molecule has 0 fully saturated rings. The Morgan fingerprint density at radius 2 is 2.08 bits per heavy atom. The molecule has 3 heterocycles. The van der Waals surface area contributed by atoms with Crippen LogP contribution in [0.1, 0.15) is 46.5 Å². The molecule has 0 unspecified atom stereocenters. The molecule has 3 rings (SSSR count). The number of hydrogen-bond donors (Lipinski definition) is 2. The Balaban J connectivity index is 1.49. The molecule has 2 aromatic rings. The van der Waals surface area contributed by atoms with Gasteiger partial charge in [-0.3, -0.25) is 4.99 Å². The van der Waals surface area contributed by atoms with E-state index >= 15 is 0 Å². The van der Waals surface area contributed by atoms with Gasteiger partial charge in [0.05, 0.1) is 17.2 Å². The van der Waals surface area contributed by atoms with Gasteiger partial charge in [-0.2, -0.15) is 0 Å². The minimum absolute atomic E-state index is 0.747. The molecule has 136 valence electrons. The highest BCUT2D eigenvalue weighted by Gasteiger charge is 2.14. The van der Waals surface area contributed by atoms with Gasteiger partial charge in [0.15, 0.2) is 5.96 Å². The highest BCUT2D eigenvalue weighted by atomic mass is 32.1. The second-order valence-electron chi connectivity index (χ2n) is 6.34. The first-order valence-electron chi connectivity index (χ1n) is 8.95. The summed E-state index contributed by atoms with van der Waals surface area (Å²) in [6.07, 6.45) is 5.64. The smallest absolute Gasteiger partial charge is 0.191 e. The summed E-state index contributed by atoms with van der Waals surface area (Å²) in [5, 5.41) is 16.6. The summed E-state index contributed by atoms with van der Waals surface area (Å²) >= 11 is 1.73. The number of thiazole rings is 1. The van der Waals surface area contributed by atoms with Crippen LogP contribution in [0.4, 0.5) is 0 Å². The third-order valence-corrected chi connectivity index (χ3v) is 5.54. The topological polar surface area (TPSA) is 80.0 Å². The van der Waals surface area contributed by atoms with Crippen LogP contribution in [0.2, 0.25) is 0 Å². The maximum Gasteiger partial charge on any atom is 0.191 e. The maximum atomic E-state index is 4.46. The number of guanidine groups is 1. The Labute approximate surface area is 153 Å². The quantitative estimate of drug-likeness (QED) is 0.629. The van der Waals surface area contributed by atoms with Crippen molar-refractivity contribution in [3.63, 3.8) is 0 Å². The fourth-order valence-electron chi connectivity index (χ4n) is 3.15. The largest absolute Gasteiger partial charge is 0.356 e. The van der Waals surface area contributed by atoms with Crippen molar-refractivity contribution < 1.29 is 0 Å². The first-order valence-corrected chi connectivity index (χ1v) is 9.77. The van der Waals surface area contributed by atoms with E-state index in [1.54, 1.807) is 18.4 Å². The van der Waals surface area contributed by atoms with Crippen molar-refractivity contribution in [2.45, 2.75) is 59.0 Å². The lowest BCUT2D eigenvalue weighted by Crippen LogP contribution is -2.38. The van der Waals surface area contributed by atoms with Gasteiger partial charge in [-0.05, 0) is 26.7 Å². The predicted molar refractivity (Wildman–Crippen MR) is 101 cm³/mol. The average molecular weight is 362 g/mol. The van der Waals surface area contributed by atoms with Crippen molar-refractivity contribution in [1.82, 2.24) is 30.4 Å². The van der Waals surface area contributed by atoms with E-state index < -0.39 is 0 Å². The van der Waals surface area contributed by atoms with Gasteiger partial charge in [0.1, 0.15) is 11.6 Å². The lowest BCUT2D eigenvalue weighted by molar-refractivity contribution is 0.600. The molecule has 0 spiro atoms. The molecule has 0 saturated carbocycles. The first-order chi connectivity index (χ1) is 12.2. The third kappa shape index (κ3) is 4.56. The summed E-state index contributed by atoms with van der Waals surface area (Å²) in [6.45, 7) is 6.67. The van der Waals surface area contributed by atoms with E-state index in [4.69, 9.17) is 0 Å². The van der Waals surface area contributed by atoms with Crippen LogP contribution in [-0.2, 0) is 25.9 Å². The van der Waals surface area contributed by atoms with Gasteiger partial charge in [-0.1, -0.05) is 6.42 Å². The van der Waals surface area contributed by atoms with Crippen LogP contribution < -0.4 is 10.6 Å². The fourth-order valence-corrected chi connectivity index (χ4v) is 4.02. The van der Waals surface area contributed by atoms with E-state index in [9.17, 15) is 0 Å². The van der Waals surface area contributed by atoms with Crippen LogP contribution in [0.5, 0.6) is 0 Å². The highest BCUT2D eigenvalue weighted by Crippen LogP contribution is 2.16. The van der Waals surface area contributed by atoms with Crippen LogP contribution in [0.15, 0.2) is 4.99 Å². The van der Waals surface area contributed by atoms with Gasteiger partial charge in [-0.25, -0.2) is 4.98 Å². The molecular formula is C17H27N7S. The number of hydrogen-bond acceptors (Lipinski definition) is 5. The SMILES string of the molecule is CN=C(NCCc1nnc2n1CCCCC2)NCc1sc(C)nc1C. The molecule has 8 heteroatoms. The zero-order valence-corrected chi connectivity index (χ0v) is 16.1. The summed E-state index contributed by atoms with van der Waals surface area (Å²) in [4.78, 5) is 10.0. The van der Waals surface area contributed by atoms with Crippen LogP contribution >= 0.6 is 11.3 Å². The van der Waals surface area contributed by atoms with Crippen LogP contribution in [0.3, 0.4) is 0 Å². The molecule has 0 saturated heterocycles. The normalized spacial score (nSPS) is 14.9. The zero-order valence-electron chi connectivity index (χ0n) is 15.3. The molecule has 0 aliphatic carbocycles. The summed E-state index contributed by atoms with van der Waals surface area (Å²) in [5.74, 6) is 3.03. The number of aliphatic imine (C=N–C) groups is 1. The van der Waals surface area contributed by atoms with Gasteiger partial charge in [0.2, 0.25) is 0 Å². The molecule has 0 bridgehead atoms. The Hall–Kier alpha value is -1.96. The monoisotopic (exact) mass is 361 g/mol. The number of fused-ring (bicyclic) bond motifs is 1. The van der Waals surface area contributed by atoms with Crippen molar-refractivity contribution in [3.8, 4) is 0 Å². The molecule has 1 aliphatic heterocycles. The predicted octanol–water partition coefficient (Wildman–Crippen LogP) is 1.99. The van der Waals surface area contributed by atoms with Crippen molar-refractivity contribution in [2.75, 3.05) is 13.6 Å². The van der Waals surface area contributed by atoms with Crippen molar-refractivity contribution in [2.24, 2.45) is 4.99 Å². The van der Waals surface area contributed by atoms with Gasteiger partial charge < -0.3 is 15.2 Å². The van der Waals surface area contributed by atoms with E-state index in [1.165, 1.54) is 24.1 Å². The molecule has 1 aliphatic rings. The Morgan fingerprint density at radius 3 is 2.84 bits per heavy atom. The molecule has 0 aromatic carbocycles. The molecule has 7 nitrogen and oxygen atoms in total. The van der Waals surface area contributed by atoms with Crippen molar-refractivity contribution in [1.29, 1.82) is 0 Å². The summed E-state index contributed by atoms with van der Waals surface area (Å²) < 4.78 is 2.30. The van der Waals surface area contributed by atoms with Crippen molar-refractivity contribution >= 4 is 17.3 Å². The third-order valence-electron chi connectivity index (χ3n) is 4.47. The minimum atomic E-state index is 0.747. The maximum absolute atomic E-state index is 4.46. The molecular weight excluding hydrogens is 334 g/mol. The van der Waals surface area contributed by atoms with E-state index in [1.807, 2.05) is 13.8 Å². The first kappa shape index (κ1) is 17.8. The van der Waals surface area contributed by atoms with Gasteiger partial charge >= 0.3 is 0 Å². The van der Waals surface area contributed by atoms with E-state index in [-0.39, 0.29) is 0 Å². The van der Waals surface area contributed by atoms with E-state index in [0.29, 0.717) is 0 Å². The second-order valence-corrected chi connectivity index (χ2v) is 7.63. The molecule has 0 amide bonds. The van der Waals surface area contributed by atoms with E-state index in [0.717, 1.165) is 60.8 Å². The number of aromatic nitrogens is 4.